The molecule has 3 fully saturated rings. The zero-order valence-electron chi connectivity index (χ0n) is 49.1. The lowest BCUT2D eigenvalue weighted by Gasteiger charge is -2.42. The molecule has 22 nitrogen and oxygen atoms in total. The predicted octanol–water partition coefficient (Wildman–Crippen LogP) is 5.49. The molecule has 0 aliphatic carbocycles. The normalized spacial score (nSPS) is 28.2. The maximum absolute atomic E-state index is 14.7. The Bertz CT molecular complexity index is 2650. The van der Waals surface area contributed by atoms with Crippen LogP contribution in [0.5, 0.6) is 0 Å². The van der Waals surface area contributed by atoms with E-state index < -0.39 is 85.8 Å². The van der Waals surface area contributed by atoms with Crippen LogP contribution in [0, 0.1) is 0 Å². The number of imidazole rings is 1. The Hall–Kier alpha value is -2.05. The molecular weight excluding hydrogens is 1110 g/mol. The number of nitrogens with two attached hydrogens (primary N) is 1. The van der Waals surface area contributed by atoms with Gasteiger partial charge >= 0.3 is 0 Å². The van der Waals surface area contributed by atoms with Crippen molar-refractivity contribution in [1.82, 2.24) is 34.1 Å². The fourth-order valence-electron chi connectivity index (χ4n) is 9.38. The molecule has 0 spiro atoms. The summed E-state index contributed by atoms with van der Waals surface area (Å²) in [6.45, 7) is 33.8. The second kappa shape index (κ2) is 27.1. The van der Waals surface area contributed by atoms with Crippen LogP contribution < -0.4 is 31.1 Å². The van der Waals surface area contributed by atoms with Crippen LogP contribution in [0.2, 0.25) is 36.3 Å². The van der Waals surface area contributed by atoms with E-state index in [2.05, 4.69) is 140 Å². The van der Waals surface area contributed by atoms with Crippen LogP contribution in [0.1, 0.15) is 108 Å². The molecule has 8 heterocycles. The lowest BCUT2D eigenvalue weighted by atomic mass is 10.1. The van der Waals surface area contributed by atoms with E-state index in [0.717, 1.165) is 36.2 Å². The molecule has 3 saturated heterocycles. The second-order valence-electron chi connectivity index (χ2n) is 23.3. The highest BCUT2D eigenvalue weighted by molar-refractivity contribution is 8.32. The minimum Gasteiger partial charge on any atom is -0.780 e. The van der Waals surface area contributed by atoms with Gasteiger partial charge in [0.15, 0.2) is 46.1 Å². The second-order valence-corrected chi connectivity index (χ2v) is 38.3. The summed E-state index contributed by atoms with van der Waals surface area (Å²) in [4.78, 5) is 40.8. The van der Waals surface area contributed by atoms with Crippen LogP contribution in [0.3, 0.4) is 0 Å². The van der Waals surface area contributed by atoms with Crippen molar-refractivity contribution < 1.29 is 55.7 Å². The number of nitrogens with zero attached hydrogens (tertiary/aromatic N) is 7. The Kier molecular flexibility index (Phi) is 22.6. The lowest BCUT2D eigenvalue weighted by molar-refractivity contribution is -0.894. The van der Waals surface area contributed by atoms with E-state index >= 15 is 0 Å². The number of aryl methyl sites for hydroxylation is 1. The first-order chi connectivity index (χ1) is 36.6. The van der Waals surface area contributed by atoms with Gasteiger partial charge in [-0.15, -0.1) is 0 Å². The maximum Gasteiger partial charge on any atom is 0.200 e. The fourth-order valence-corrected chi connectivity index (χ4v) is 14.8. The highest BCUT2D eigenvalue weighted by Gasteiger charge is 2.56. The largest absolute Gasteiger partial charge is 0.780 e. The van der Waals surface area contributed by atoms with Crippen molar-refractivity contribution >= 4 is 88.0 Å². The molecule has 8 rings (SSSR count). The molecule has 0 radical (unpaired) electrons. The summed E-state index contributed by atoms with van der Waals surface area (Å²) in [6, 6.07) is 0. The molecular formula is C50H92N12O10P2S2Si2. The summed E-state index contributed by atoms with van der Waals surface area (Å²) >= 11 is 11.5. The van der Waals surface area contributed by atoms with E-state index in [1.807, 2.05) is 10.8 Å². The molecule has 4 aliphatic heterocycles. The molecule has 442 valence electrons. The van der Waals surface area contributed by atoms with Gasteiger partial charge in [-0.1, -0.05) is 53.3 Å². The number of quaternary nitrogens is 2. The summed E-state index contributed by atoms with van der Waals surface area (Å²) in [5.74, 6) is 1.18. The molecule has 10 atom stereocenters. The smallest absolute Gasteiger partial charge is 0.200 e. The van der Waals surface area contributed by atoms with Crippen LogP contribution >= 0.6 is 13.5 Å². The number of hydrogen-bond acceptors (Lipinski definition) is 20. The molecule has 6 N–H and O–H groups in total. The van der Waals surface area contributed by atoms with Gasteiger partial charge in [0, 0.05) is 25.8 Å². The summed E-state index contributed by atoms with van der Waals surface area (Å²) in [5, 5.41) is 6.90. The SMILES string of the molecule is CC(C)(C)[Si](C)(C)O[C@@H]1[C@@H]2OP([O-])(=S)OC[C@H]3O[C@@H](n4cnc5c(NCCN)ncnc54)[C@H](OP(=O)([S-])OC[C@H]2O[C@H]1n1cc2c4c(ncnc41)NCCC2)[C@@H]3O[Si](C)(C)C(C)(C)C.CC[NH+](CC)CC.CC[NH+](CC)CC. The fraction of sp³-hybridized carbons (Fsp3) is 0.780. The minimum atomic E-state index is -4.46. The highest BCUT2D eigenvalue weighted by atomic mass is 32.7. The van der Waals surface area contributed by atoms with Gasteiger partial charge in [0.2, 0.25) is 6.80 Å². The van der Waals surface area contributed by atoms with Gasteiger partial charge in [0.05, 0.1) is 64.2 Å². The van der Waals surface area contributed by atoms with Crippen LogP contribution in [0.15, 0.2) is 25.2 Å². The molecule has 4 aliphatic rings. The Morgan fingerprint density at radius 1 is 0.795 bits per heavy atom. The first-order valence-electron chi connectivity index (χ1n) is 27.9. The topological polar surface area (TPSA) is 247 Å². The summed E-state index contributed by atoms with van der Waals surface area (Å²) in [6.07, 6.45) is -0.257. The van der Waals surface area contributed by atoms with Gasteiger partial charge in [0.25, 0.3) is 0 Å². The van der Waals surface area contributed by atoms with Crippen LogP contribution in [0.4, 0.5) is 11.6 Å². The van der Waals surface area contributed by atoms with Crippen molar-refractivity contribution in [2.45, 2.75) is 181 Å². The average molecular weight is 1200 g/mol. The number of ether oxygens (including phenoxy) is 2. The van der Waals surface area contributed by atoms with E-state index in [0.29, 0.717) is 35.7 Å². The number of rotatable bonds is 15. The van der Waals surface area contributed by atoms with Crippen molar-refractivity contribution in [3.05, 3.63) is 30.7 Å². The third kappa shape index (κ3) is 15.4. The summed E-state index contributed by atoms with van der Waals surface area (Å²) < 4.78 is 71.3. The van der Waals surface area contributed by atoms with Gasteiger partial charge in [-0.05, 0) is 96.2 Å². The maximum atomic E-state index is 14.7. The molecule has 0 saturated carbocycles. The molecule has 78 heavy (non-hydrogen) atoms. The van der Waals surface area contributed by atoms with Crippen molar-refractivity contribution in [2.75, 3.05) is 82.8 Å². The van der Waals surface area contributed by atoms with E-state index in [1.165, 1.54) is 58.3 Å². The number of hydrogen-bond donors (Lipinski definition) is 5. The average Bonchev–Trinajstić information content (AvgIpc) is 4.18. The van der Waals surface area contributed by atoms with Gasteiger partial charge in [-0.3, -0.25) is 9.13 Å². The Morgan fingerprint density at radius 2 is 1.36 bits per heavy atom. The highest BCUT2D eigenvalue weighted by Crippen LogP contribution is 2.56. The van der Waals surface area contributed by atoms with E-state index in [1.54, 1.807) is 14.4 Å². The number of nitrogens with one attached hydrogen (secondary N) is 4. The van der Waals surface area contributed by atoms with Crippen LogP contribution in [-0.4, -0.2) is 159 Å². The molecule has 28 heteroatoms. The van der Waals surface area contributed by atoms with Crippen LogP contribution in [-0.2, 0) is 71.5 Å². The first-order valence-corrected chi connectivity index (χ1v) is 38.8. The molecule has 0 aromatic carbocycles. The monoisotopic (exact) mass is 1200 g/mol. The number of fused-ring (bicyclic) bond motifs is 4. The van der Waals surface area contributed by atoms with Gasteiger partial charge in [0.1, 0.15) is 67.5 Å². The molecule has 4 aromatic heterocycles. The third-order valence-electron chi connectivity index (χ3n) is 16.3. The van der Waals surface area contributed by atoms with Gasteiger partial charge < -0.3 is 84.3 Å². The number of aromatic nitrogens is 7. The minimum absolute atomic E-state index is 0.265. The Balaban J connectivity index is 0.000000621. The molecule has 4 aromatic rings. The van der Waals surface area contributed by atoms with Crippen molar-refractivity contribution in [3.8, 4) is 0 Å². The first kappa shape index (κ1) is 65.1. The summed E-state index contributed by atoms with van der Waals surface area (Å²) in [5.41, 5.74) is 8.21. The molecule has 0 amide bonds. The third-order valence-corrected chi connectivity index (χ3v) is 28.3. The Labute approximate surface area is 475 Å². The Morgan fingerprint density at radius 3 is 1.94 bits per heavy atom. The quantitative estimate of drug-likeness (QED) is 0.0561. The predicted molar refractivity (Wildman–Crippen MR) is 315 cm³/mol. The van der Waals surface area contributed by atoms with Crippen LogP contribution in [0.25, 0.3) is 22.2 Å². The molecule has 2 bridgehead atoms. The van der Waals surface area contributed by atoms with Crippen molar-refractivity contribution in [1.29, 1.82) is 0 Å². The van der Waals surface area contributed by atoms with E-state index in [-0.39, 0.29) is 16.7 Å². The van der Waals surface area contributed by atoms with Gasteiger partial charge in [-0.2, -0.15) is 0 Å². The van der Waals surface area contributed by atoms with E-state index in [4.69, 9.17) is 71.2 Å². The summed E-state index contributed by atoms with van der Waals surface area (Å²) in [7, 11) is -5.32. The van der Waals surface area contributed by atoms with Crippen molar-refractivity contribution in [2.24, 2.45) is 5.73 Å². The van der Waals surface area contributed by atoms with Gasteiger partial charge in [-0.25, -0.2) is 24.9 Å². The van der Waals surface area contributed by atoms with Crippen molar-refractivity contribution in [3.63, 3.8) is 0 Å². The molecule has 2 unspecified atom stereocenters. The number of anilines is 2. The van der Waals surface area contributed by atoms with E-state index in [9.17, 15) is 9.46 Å². The zero-order chi connectivity index (χ0) is 57.6. The zero-order valence-corrected chi connectivity index (χ0v) is 54.5. The lowest BCUT2D eigenvalue weighted by Crippen LogP contribution is -3.11. The standard InChI is InChI=1S/C38H62N10O10P2S2Si2.2C6H15N/c1-37(2,3)63(7,8)57-28-24-18-52-59(49,61)55-27-23(17-51-60(50,62)56-29(28)35(54-24)48-21-46-26-32(41-15-13-39)43-20-45-34(26)48)53-36(30(27)58-64(9,10)38(4,5)6)47-16-22-12-11-14-40-31-25(22)33(47)44-19-42-31;2*1-4-7(5-2)6-3/h16,19-21,23-24,27-30,35-36H,11-15,17-18,39H2,1-10H3,(H,49,61)(H,50,62)(H,40,42,44)(H,41,43,45);2*4-6H2,1-3H3/t23-,24-,27-,28-,29-,30-,35-,36-,59?,60?;;/m1../s1.